The lowest BCUT2D eigenvalue weighted by molar-refractivity contribution is 0.0729. The Labute approximate surface area is 83.4 Å². The third-order valence-corrected chi connectivity index (χ3v) is 2.77. The molecule has 1 aliphatic rings. The zero-order chi connectivity index (χ0) is 9.80. The molecular weight excluding hydrogens is 178 g/mol. The van der Waals surface area contributed by atoms with Gasteiger partial charge in [0.1, 0.15) is 12.1 Å². The van der Waals surface area contributed by atoms with Gasteiger partial charge in [0, 0.05) is 12.7 Å². The zero-order valence-corrected chi connectivity index (χ0v) is 8.06. The summed E-state index contributed by atoms with van der Waals surface area (Å²) in [7, 11) is 0. The number of rotatable bonds is 4. The predicted molar refractivity (Wildman–Crippen MR) is 53.9 cm³/mol. The summed E-state index contributed by atoms with van der Waals surface area (Å²) in [4.78, 5) is 7.84. The molecule has 1 heterocycles. The summed E-state index contributed by atoms with van der Waals surface area (Å²) in [6.45, 7) is 0.585. The minimum atomic E-state index is -0.237. The van der Waals surface area contributed by atoms with E-state index in [4.69, 9.17) is 0 Å². The largest absolute Gasteiger partial charge is 0.391 e. The van der Waals surface area contributed by atoms with Crippen molar-refractivity contribution in [1.82, 2.24) is 9.97 Å². The Morgan fingerprint density at radius 2 is 2.43 bits per heavy atom. The van der Waals surface area contributed by atoms with Crippen LogP contribution in [0.1, 0.15) is 19.3 Å². The quantitative estimate of drug-likeness (QED) is 0.750. The van der Waals surface area contributed by atoms with Crippen molar-refractivity contribution in [3.05, 3.63) is 18.6 Å². The highest BCUT2D eigenvalue weighted by Crippen LogP contribution is 2.29. The van der Waals surface area contributed by atoms with Crippen LogP contribution in [0.15, 0.2) is 18.6 Å². The molecule has 1 unspecified atom stereocenters. The van der Waals surface area contributed by atoms with Crippen LogP contribution >= 0.6 is 0 Å². The Hall–Kier alpha value is -1.16. The van der Waals surface area contributed by atoms with Crippen molar-refractivity contribution >= 4 is 5.82 Å². The van der Waals surface area contributed by atoms with Crippen LogP contribution < -0.4 is 5.32 Å². The molecule has 0 radical (unpaired) electrons. The van der Waals surface area contributed by atoms with Gasteiger partial charge in [0.25, 0.3) is 0 Å². The molecule has 76 valence electrons. The van der Waals surface area contributed by atoms with E-state index in [1.54, 1.807) is 12.3 Å². The molecular formula is C10H15N3O. The Bertz CT molecular complexity index is 274. The first-order valence-corrected chi connectivity index (χ1v) is 5.04. The number of hydrogen-bond acceptors (Lipinski definition) is 4. The second-order valence-corrected chi connectivity index (χ2v) is 3.73. The van der Waals surface area contributed by atoms with E-state index in [2.05, 4.69) is 15.3 Å². The fraction of sp³-hybridized carbons (Fsp3) is 0.600. The monoisotopic (exact) mass is 193 g/mol. The second kappa shape index (κ2) is 4.37. The van der Waals surface area contributed by atoms with E-state index in [1.807, 2.05) is 0 Å². The molecule has 4 heteroatoms. The Morgan fingerprint density at radius 3 is 3.00 bits per heavy atom. The molecule has 0 aromatic carbocycles. The van der Waals surface area contributed by atoms with Crippen LogP contribution in [0.25, 0.3) is 0 Å². The topological polar surface area (TPSA) is 58.0 Å². The van der Waals surface area contributed by atoms with Crippen LogP contribution in [0.3, 0.4) is 0 Å². The number of nitrogens with one attached hydrogen (secondary N) is 1. The van der Waals surface area contributed by atoms with Gasteiger partial charge in [0.15, 0.2) is 0 Å². The lowest BCUT2D eigenvalue weighted by atomic mass is 9.81. The van der Waals surface area contributed by atoms with Gasteiger partial charge in [-0.3, -0.25) is 0 Å². The number of aliphatic hydroxyl groups excluding tert-OH is 1. The lowest BCUT2D eigenvalue weighted by Crippen LogP contribution is -2.32. The first kappa shape index (κ1) is 9.40. The van der Waals surface area contributed by atoms with Crippen molar-refractivity contribution in [2.75, 3.05) is 11.9 Å². The maximum absolute atomic E-state index is 9.72. The molecule has 1 aliphatic carbocycles. The van der Waals surface area contributed by atoms with Gasteiger partial charge in [-0.1, -0.05) is 6.42 Å². The van der Waals surface area contributed by atoms with E-state index in [1.165, 1.54) is 12.7 Å². The number of aliphatic hydroxyl groups is 1. The Kier molecular flexibility index (Phi) is 2.93. The number of nitrogens with zero attached hydrogens (tertiary/aromatic N) is 2. The third-order valence-electron chi connectivity index (χ3n) is 2.77. The number of aromatic nitrogens is 2. The van der Waals surface area contributed by atoms with Crippen LogP contribution in [-0.2, 0) is 0 Å². The minimum absolute atomic E-state index is 0.237. The van der Waals surface area contributed by atoms with Crippen molar-refractivity contribution in [3.63, 3.8) is 0 Å². The number of anilines is 1. The first-order valence-electron chi connectivity index (χ1n) is 5.04. The molecule has 1 atom stereocenters. The standard InChI is InChI=1S/C10H15N3O/c14-9(8-2-1-3-8)6-12-10-4-5-11-7-13-10/h4-5,7-9,14H,1-3,6H2,(H,11,12,13). The molecule has 1 aromatic heterocycles. The number of hydrogen-bond donors (Lipinski definition) is 2. The first-order chi connectivity index (χ1) is 6.86. The van der Waals surface area contributed by atoms with Gasteiger partial charge in [0.2, 0.25) is 0 Å². The van der Waals surface area contributed by atoms with Crippen LogP contribution in [-0.4, -0.2) is 27.7 Å². The van der Waals surface area contributed by atoms with Crippen molar-refractivity contribution in [2.24, 2.45) is 5.92 Å². The van der Waals surface area contributed by atoms with Gasteiger partial charge >= 0.3 is 0 Å². The average molecular weight is 193 g/mol. The van der Waals surface area contributed by atoms with E-state index in [-0.39, 0.29) is 6.10 Å². The maximum atomic E-state index is 9.72. The predicted octanol–water partition coefficient (Wildman–Crippen LogP) is 1.05. The van der Waals surface area contributed by atoms with E-state index in [9.17, 15) is 5.11 Å². The second-order valence-electron chi connectivity index (χ2n) is 3.73. The normalized spacial score (nSPS) is 18.6. The molecule has 2 N–H and O–H groups in total. The molecule has 4 nitrogen and oxygen atoms in total. The molecule has 0 bridgehead atoms. The highest BCUT2D eigenvalue weighted by atomic mass is 16.3. The molecule has 1 saturated carbocycles. The van der Waals surface area contributed by atoms with Gasteiger partial charge in [-0.2, -0.15) is 0 Å². The highest BCUT2D eigenvalue weighted by molar-refractivity contribution is 5.31. The fourth-order valence-electron chi connectivity index (χ4n) is 1.60. The summed E-state index contributed by atoms with van der Waals surface area (Å²) in [5.41, 5.74) is 0. The Morgan fingerprint density at radius 1 is 1.57 bits per heavy atom. The minimum Gasteiger partial charge on any atom is -0.391 e. The summed E-state index contributed by atoms with van der Waals surface area (Å²) in [6.07, 6.45) is 6.52. The van der Waals surface area contributed by atoms with Gasteiger partial charge in [-0.05, 0) is 24.8 Å². The summed E-state index contributed by atoms with van der Waals surface area (Å²) in [5, 5.41) is 12.8. The van der Waals surface area contributed by atoms with E-state index in [0.717, 1.165) is 18.7 Å². The summed E-state index contributed by atoms with van der Waals surface area (Å²) in [5.74, 6) is 1.27. The van der Waals surface area contributed by atoms with Crippen LogP contribution in [0.5, 0.6) is 0 Å². The molecule has 0 saturated heterocycles. The highest BCUT2D eigenvalue weighted by Gasteiger charge is 2.25. The van der Waals surface area contributed by atoms with Crippen molar-refractivity contribution in [1.29, 1.82) is 0 Å². The van der Waals surface area contributed by atoms with Crippen LogP contribution in [0.2, 0.25) is 0 Å². The van der Waals surface area contributed by atoms with Gasteiger partial charge in [-0.15, -0.1) is 0 Å². The molecule has 0 aliphatic heterocycles. The van der Waals surface area contributed by atoms with E-state index < -0.39 is 0 Å². The third kappa shape index (κ3) is 2.20. The van der Waals surface area contributed by atoms with Crippen molar-refractivity contribution in [3.8, 4) is 0 Å². The van der Waals surface area contributed by atoms with Crippen LogP contribution in [0.4, 0.5) is 5.82 Å². The molecule has 1 fully saturated rings. The molecule has 0 spiro atoms. The molecule has 14 heavy (non-hydrogen) atoms. The molecule has 1 aromatic rings. The fourth-order valence-corrected chi connectivity index (χ4v) is 1.60. The van der Waals surface area contributed by atoms with E-state index >= 15 is 0 Å². The van der Waals surface area contributed by atoms with Crippen molar-refractivity contribution < 1.29 is 5.11 Å². The van der Waals surface area contributed by atoms with Crippen LogP contribution in [0, 0.1) is 5.92 Å². The zero-order valence-electron chi connectivity index (χ0n) is 8.06. The van der Waals surface area contributed by atoms with E-state index in [0.29, 0.717) is 12.5 Å². The summed E-state index contributed by atoms with van der Waals surface area (Å²) in [6, 6.07) is 1.80. The maximum Gasteiger partial charge on any atom is 0.129 e. The SMILES string of the molecule is OC(CNc1ccncn1)C1CCC1. The van der Waals surface area contributed by atoms with Gasteiger partial charge in [-0.25, -0.2) is 9.97 Å². The Balaban J connectivity index is 1.76. The molecule has 0 amide bonds. The van der Waals surface area contributed by atoms with Gasteiger partial charge < -0.3 is 10.4 Å². The summed E-state index contributed by atoms with van der Waals surface area (Å²) >= 11 is 0. The van der Waals surface area contributed by atoms with Gasteiger partial charge in [0.05, 0.1) is 6.10 Å². The summed E-state index contributed by atoms with van der Waals surface area (Å²) < 4.78 is 0. The smallest absolute Gasteiger partial charge is 0.129 e. The molecule has 2 rings (SSSR count). The lowest BCUT2D eigenvalue weighted by Gasteiger charge is -2.30. The average Bonchev–Trinajstić information content (AvgIpc) is 2.14. The van der Waals surface area contributed by atoms with Crippen molar-refractivity contribution in [2.45, 2.75) is 25.4 Å².